The van der Waals surface area contributed by atoms with Crippen LogP contribution < -0.4 is 0 Å². The lowest BCUT2D eigenvalue weighted by atomic mass is 10.1. The highest BCUT2D eigenvalue weighted by atomic mass is 16.6. The molecule has 0 saturated carbocycles. The van der Waals surface area contributed by atoms with Crippen LogP contribution in [0.25, 0.3) is 0 Å². The van der Waals surface area contributed by atoms with Crippen LogP contribution in [0.3, 0.4) is 0 Å². The highest BCUT2D eigenvalue weighted by molar-refractivity contribution is 5.70. The van der Waals surface area contributed by atoms with Crippen molar-refractivity contribution >= 4 is 11.9 Å². The van der Waals surface area contributed by atoms with Gasteiger partial charge in [0.05, 0.1) is 6.61 Å². The highest BCUT2D eigenvalue weighted by Crippen LogP contribution is 2.12. The number of ether oxygens (including phenoxy) is 3. The summed E-state index contributed by atoms with van der Waals surface area (Å²) in [6.07, 6.45) is 53.4. The van der Waals surface area contributed by atoms with E-state index in [1.54, 1.807) is 0 Å². The molecule has 0 radical (unpaired) electrons. The molecule has 0 aromatic carbocycles. The number of hydrogen-bond donors (Lipinski definition) is 0. The van der Waals surface area contributed by atoms with Gasteiger partial charge < -0.3 is 14.2 Å². The third kappa shape index (κ3) is 40.1. The van der Waals surface area contributed by atoms with Gasteiger partial charge in [0.25, 0.3) is 0 Å². The summed E-state index contributed by atoms with van der Waals surface area (Å²) in [4.78, 5) is 25.0. The molecule has 5 nitrogen and oxygen atoms in total. The molecule has 0 aromatic rings. The van der Waals surface area contributed by atoms with Crippen LogP contribution in [0.15, 0.2) is 72.9 Å². The highest BCUT2D eigenvalue weighted by Gasteiger charge is 2.17. The second kappa shape index (κ2) is 42.8. The van der Waals surface area contributed by atoms with Crippen LogP contribution in [0.2, 0.25) is 0 Å². The Labute approximate surface area is 321 Å². The van der Waals surface area contributed by atoms with Crippen LogP contribution in [-0.4, -0.2) is 37.9 Å². The van der Waals surface area contributed by atoms with Gasteiger partial charge in [-0.05, 0) is 57.8 Å². The van der Waals surface area contributed by atoms with Gasteiger partial charge in [0.15, 0.2) is 6.10 Å². The second-order valence-corrected chi connectivity index (χ2v) is 13.9. The minimum Gasteiger partial charge on any atom is -0.462 e. The van der Waals surface area contributed by atoms with Crippen molar-refractivity contribution in [3.63, 3.8) is 0 Å². The van der Waals surface area contributed by atoms with Gasteiger partial charge in [0, 0.05) is 19.4 Å². The summed E-state index contributed by atoms with van der Waals surface area (Å²) in [5.41, 5.74) is 0. The Morgan fingerprint density at radius 1 is 0.442 bits per heavy atom. The number of allylic oxidation sites excluding steroid dienone is 12. The molecular weight excluding hydrogens is 645 g/mol. The largest absolute Gasteiger partial charge is 0.462 e. The van der Waals surface area contributed by atoms with E-state index >= 15 is 0 Å². The molecule has 0 fully saturated rings. The van der Waals surface area contributed by atoms with Gasteiger partial charge >= 0.3 is 11.9 Å². The first-order valence-electron chi connectivity index (χ1n) is 21.5. The van der Waals surface area contributed by atoms with Crippen LogP contribution in [0, 0.1) is 0 Å². The van der Waals surface area contributed by atoms with Gasteiger partial charge in [-0.1, -0.05) is 190 Å². The van der Waals surface area contributed by atoms with Gasteiger partial charge in [-0.2, -0.15) is 0 Å². The predicted molar refractivity (Wildman–Crippen MR) is 224 cm³/mol. The monoisotopic (exact) mass is 725 g/mol. The molecule has 0 aliphatic carbocycles. The number of carbonyl (C=O) groups excluding carboxylic acids is 2. The van der Waals surface area contributed by atoms with E-state index in [9.17, 15) is 9.59 Å². The Kier molecular flexibility index (Phi) is 40.6. The molecule has 0 saturated heterocycles. The SMILES string of the molecule is CC/C=C\C/C=C\C/C=C\C/C=C\C/C=C\C/C=C\CCC(=O)OCC(COCCCCCCCCCC)OC(=O)CCCCCCCCCCC. The fourth-order valence-electron chi connectivity index (χ4n) is 5.59. The maximum absolute atomic E-state index is 12.6. The fraction of sp³-hybridized carbons (Fsp3) is 0.702. The average molecular weight is 725 g/mol. The zero-order valence-electron chi connectivity index (χ0n) is 34.1. The standard InChI is InChI=1S/C47H80O5/c1-4-7-10-13-16-19-20-21-22-23-24-25-26-27-28-30-31-34-37-40-46(48)51-44-45(43-50-42-39-36-33-18-15-12-9-6-3)52-47(49)41-38-35-32-29-17-14-11-8-5-2/h7,10,16,19,21-22,24-25,27-28,31,34,45H,4-6,8-9,11-15,17-18,20,23,26,29-30,32-33,35-44H2,1-3H3/b10-7-,19-16-,22-21-,25-24-,28-27-,34-31-. The van der Waals surface area contributed by atoms with Crippen molar-refractivity contribution in [2.45, 2.75) is 194 Å². The van der Waals surface area contributed by atoms with Gasteiger partial charge in [-0.15, -0.1) is 0 Å². The van der Waals surface area contributed by atoms with Crippen molar-refractivity contribution in [1.29, 1.82) is 0 Å². The molecule has 0 N–H and O–H groups in total. The zero-order chi connectivity index (χ0) is 37.8. The lowest BCUT2D eigenvalue weighted by Gasteiger charge is -2.18. The third-order valence-electron chi connectivity index (χ3n) is 8.77. The normalized spacial score (nSPS) is 12.9. The van der Waals surface area contributed by atoms with E-state index in [0.717, 1.165) is 64.2 Å². The minimum absolute atomic E-state index is 0.0452. The van der Waals surface area contributed by atoms with Crippen molar-refractivity contribution in [3.05, 3.63) is 72.9 Å². The van der Waals surface area contributed by atoms with E-state index in [4.69, 9.17) is 14.2 Å². The summed E-state index contributed by atoms with van der Waals surface area (Å²) >= 11 is 0. The molecule has 0 amide bonds. The maximum atomic E-state index is 12.6. The summed E-state index contributed by atoms with van der Waals surface area (Å²) in [6.45, 7) is 7.59. The Bertz CT molecular complexity index is 957. The van der Waals surface area contributed by atoms with E-state index in [0.29, 0.717) is 25.9 Å². The Balaban J connectivity index is 4.29. The van der Waals surface area contributed by atoms with Gasteiger partial charge in [0.1, 0.15) is 6.61 Å². The molecule has 1 unspecified atom stereocenters. The van der Waals surface area contributed by atoms with Crippen molar-refractivity contribution in [1.82, 2.24) is 0 Å². The van der Waals surface area contributed by atoms with Crippen molar-refractivity contribution < 1.29 is 23.8 Å². The molecule has 0 aliphatic rings. The summed E-state index contributed by atoms with van der Waals surface area (Å²) in [5.74, 6) is -0.500. The first-order valence-corrected chi connectivity index (χ1v) is 21.5. The van der Waals surface area contributed by atoms with E-state index in [-0.39, 0.29) is 25.2 Å². The van der Waals surface area contributed by atoms with E-state index in [1.807, 2.05) is 6.08 Å². The minimum atomic E-state index is -0.560. The van der Waals surface area contributed by atoms with Crippen molar-refractivity contribution in [3.8, 4) is 0 Å². The fourth-order valence-corrected chi connectivity index (χ4v) is 5.59. The molecule has 52 heavy (non-hydrogen) atoms. The van der Waals surface area contributed by atoms with Crippen LogP contribution in [0.1, 0.15) is 188 Å². The summed E-state index contributed by atoms with van der Waals surface area (Å²) in [5, 5.41) is 0. The number of esters is 2. The van der Waals surface area contributed by atoms with Crippen LogP contribution in [0.5, 0.6) is 0 Å². The van der Waals surface area contributed by atoms with Gasteiger partial charge in [0.2, 0.25) is 0 Å². The molecule has 5 heteroatoms. The molecule has 0 heterocycles. The number of hydrogen-bond acceptors (Lipinski definition) is 5. The Morgan fingerprint density at radius 2 is 0.865 bits per heavy atom. The summed E-state index contributed by atoms with van der Waals surface area (Å²) in [6, 6.07) is 0. The number of rotatable bonds is 38. The van der Waals surface area contributed by atoms with Gasteiger partial charge in [-0.3, -0.25) is 9.59 Å². The molecule has 0 bridgehead atoms. The summed E-state index contributed by atoms with van der Waals surface area (Å²) < 4.78 is 17.1. The lowest BCUT2D eigenvalue weighted by Crippen LogP contribution is -2.30. The van der Waals surface area contributed by atoms with E-state index < -0.39 is 6.10 Å². The van der Waals surface area contributed by atoms with Gasteiger partial charge in [-0.25, -0.2) is 0 Å². The molecule has 1 atom stereocenters. The Hall–Kier alpha value is -2.66. The molecular formula is C47H80O5. The Morgan fingerprint density at radius 3 is 1.35 bits per heavy atom. The number of unbranched alkanes of at least 4 members (excludes halogenated alkanes) is 15. The molecule has 0 spiro atoms. The first-order chi connectivity index (χ1) is 25.6. The van der Waals surface area contributed by atoms with Crippen LogP contribution >= 0.6 is 0 Å². The van der Waals surface area contributed by atoms with Crippen LogP contribution in [0.4, 0.5) is 0 Å². The summed E-state index contributed by atoms with van der Waals surface area (Å²) in [7, 11) is 0. The third-order valence-corrected chi connectivity index (χ3v) is 8.77. The number of carbonyl (C=O) groups is 2. The zero-order valence-corrected chi connectivity index (χ0v) is 34.1. The molecule has 298 valence electrons. The topological polar surface area (TPSA) is 61.8 Å². The lowest BCUT2D eigenvalue weighted by molar-refractivity contribution is -0.162. The first kappa shape index (κ1) is 49.3. The van der Waals surface area contributed by atoms with Crippen molar-refractivity contribution in [2.24, 2.45) is 0 Å². The van der Waals surface area contributed by atoms with E-state index in [1.165, 1.54) is 83.5 Å². The molecule has 0 aromatic heterocycles. The quantitative estimate of drug-likeness (QED) is 0.0360. The second-order valence-electron chi connectivity index (χ2n) is 13.9. The average Bonchev–Trinajstić information content (AvgIpc) is 3.14. The molecule has 0 aliphatic heterocycles. The maximum Gasteiger partial charge on any atom is 0.306 e. The predicted octanol–water partition coefficient (Wildman–Crippen LogP) is 14.0. The van der Waals surface area contributed by atoms with Crippen LogP contribution in [-0.2, 0) is 23.8 Å². The van der Waals surface area contributed by atoms with E-state index in [2.05, 4.69) is 87.6 Å². The molecule has 0 rings (SSSR count). The smallest absolute Gasteiger partial charge is 0.306 e. The van der Waals surface area contributed by atoms with Crippen molar-refractivity contribution in [2.75, 3.05) is 19.8 Å².